The lowest BCUT2D eigenvalue weighted by molar-refractivity contribution is -0.118. The summed E-state index contributed by atoms with van der Waals surface area (Å²) in [5.74, 6) is -0.354. The number of benzene rings is 1. The fourth-order valence-electron chi connectivity index (χ4n) is 1.84. The van der Waals surface area contributed by atoms with Gasteiger partial charge in [0.1, 0.15) is 0 Å². The SMILES string of the molecule is NC(=O)CC1CC(=O)c2cc(Br)ccc2N1. The monoisotopic (exact) mass is 282 g/mol. The molecule has 1 unspecified atom stereocenters. The first-order valence-corrected chi connectivity index (χ1v) is 5.73. The number of Topliss-reactive ketones (excluding diaryl/α,β-unsaturated/α-hetero) is 1. The number of carbonyl (C=O) groups is 2. The number of hydrogen-bond donors (Lipinski definition) is 2. The van der Waals surface area contributed by atoms with Crippen molar-refractivity contribution in [2.75, 3.05) is 5.32 Å². The zero-order valence-corrected chi connectivity index (χ0v) is 10.1. The minimum Gasteiger partial charge on any atom is -0.381 e. The minimum absolute atomic E-state index is 0.0429. The summed E-state index contributed by atoms with van der Waals surface area (Å²) >= 11 is 3.32. The van der Waals surface area contributed by atoms with Gasteiger partial charge in [-0.05, 0) is 18.2 Å². The van der Waals surface area contributed by atoms with Gasteiger partial charge in [-0.1, -0.05) is 15.9 Å². The Morgan fingerprint density at radius 2 is 2.31 bits per heavy atom. The molecule has 0 saturated heterocycles. The quantitative estimate of drug-likeness (QED) is 0.867. The average Bonchev–Trinajstić information content (AvgIpc) is 2.18. The first-order chi connectivity index (χ1) is 7.56. The van der Waals surface area contributed by atoms with Gasteiger partial charge < -0.3 is 11.1 Å². The summed E-state index contributed by atoms with van der Waals surface area (Å²) in [7, 11) is 0. The van der Waals surface area contributed by atoms with Crippen molar-refractivity contribution in [3.63, 3.8) is 0 Å². The Kier molecular flexibility index (Phi) is 2.96. The van der Waals surface area contributed by atoms with Crippen LogP contribution >= 0.6 is 15.9 Å². The highest BCUT2D eigenvalue weighted by molar-refractivity contribution is 9.10. The van der Waals surface area contributed by atoms with Gasteiger partial charge in [0.05, 0.1) is 0 Å². The molecule has 0 fully saturated rings. The summed E-state index contributed by atoms with van der Waals surface area (Å²) in [6.07, 6.45) is 0.494. The number of ketones is 1. The van der Waals surface area contributed by atoms with Crippen LogP contribution in [0.5, 0.6) is 0 Å². The maximum Gasteiger partial charge on any atom is 0.219 e. The Bertz CT molecular complexity index is 459. The molecule has 4 nitrogen and oxygen atoms in total. The number of halogens is 1. The standard InChI is InChI=1S/C11H11BrN2O2/c12-6-1-2-9-8(3-6)10(15)4-7(14-9)5-11(13)16/h1-3,7,14H,4-5H2,(H2,13,16). The lowest BCUT2D eigenvalue weighted by Gasteiger charge is -2.25. The molecule has 2 rings (SSSR count). The Hall–Kier alpha value is -1.36. The molecular formula is C11H11BrN2O2. The number of fused-ring (bicyclic) bond motifs is 1. The van der Waals surface area contributed by atoms with E-state index in [0.717, 1.165) is 10.2 Å². The number of anilines is 1. The predicted octanol–water partition coefficient (Wildman–Crippen LogP) is 1.69. The highest BCUT2D eigenvalue weighted by atomic mass is 79.9. The molecule has 1 aliphatic heterocycles. The molecule has 0 spiro atoms. The number of nitrogens with two attached hydrogens (primary N) is 1. The van der Waals surface area contributed by atoms with E-state index in [-0.39, 0.29) is 18.2 Å². The fourth-order valence-corrected chi connectivity index (χ4v) is 2.20. The fraction of sp³-hybridized carbons (Fsp3) is 0.273. The highest BCUT2D eigenvalue weighted by Gasteiger charge is 2.25. The topological polar surface area (TPSA) is 72.2 Å². The molecule has 84 valence electrons. The molecular weight excluding hydrogens is 272 g/mol. The van der Waals surface area contributed by atoms with Gasteiger partial charge in [-0.25, -0.2) is 0 Å². The minimum atomic E-state index is -0.397. The van der Waals surface area contributed by atoms with Crippen LogP contribution in [0.2, 0.25) is 0 Å². The van der Waals surface area contributed by atoms with E-state index in [1.54, 1.807) is 6.07 Å². The number of amides is 1. The second kappa shape index (κ2) is 4.25. The van der Waals surface area contributed by atoms with Crippen LogP contribution in [0.25, 0.3) is 0 Å². The van der Waals surface area contributed by atoms with Gasteiger partial charge in [0.25, 0.3) is 0 Å². The van der Waals surface area contributed by atoms with Crippen molar-refractivity contribution in [1.82, 2.24) is 0 Å². The van der Waals surface area contributed by atoms with E-state index in [0.29, 0.717) is 12.0 Å². The summed E-state index contributed by atoms with van der Waals surface area (Å²) in [4.78, 5) is 22.6. The number of carbonyl (C=O) groups excluding carboxylic acids is 2. The highest BCUT2D eigenvalue weighted by Crippen LogP contribution is 2.28. The zero-order valence-electron chi connectivity index (χ0n) is 8.50. The summed E-state index contributed by atoms with van der Waals surface area (Å²) in [5, 5.41) is 3.14. The third kappa shape index (κ3) is 2.24. The largest absolute Gasteiger partial charge is 0.381 e. The molecule has 5 heteroatoms. The van der Waals surface area contributed by atoms with E-state index in [4.69, 9.17) is 5.73 Å². The van der Waals surface area contributed by atoms with Crippen LogP contribution in [0.1, 0.15) is 23.2 Å². The van der Waals surface area contributed by atoms with Crippen LogP contribution in [0.4, 0.5) is 5.69 Å². The summed E-state index contributed by atoms with van der Waals surface area (Å²) in [5.41, 5.74) is 6.55. The van der Waals surface area contributed by atoms with E-state index in [2.05, 4.69) is 21.2 Å². The van der Waals surface area contributed by atoms with E-state index < -0.39 is 5.91 Å². The molecule has 0 saturated carbocycles. The first-order valence-electron chi connectivity index (χ1n) is 4.94. The molecule has 1 atom stereocenters. The number of primary amides is 1. The van der Waals surface area contributed by atoms with Gasteiger partial charge in [-0.2, -0.15) is 0 Å². The van der Waals surface area contributed by atoms with Crippen molar-refractivity contribution < 1.29 is 9.59 Å². The van der Waals surface area contributed by atoms with Crippen molar-refractivity contribution in [2.45, 2.75) is 18.9 Å². The molecule has 3 N–H and O–H groups in total. The van der Waals surface area contributed by atoms with Crippen LogP contribution in [0.15, 0.2) is 22.7 Å². The van der Waals surface area contributed by atoms with Crippen molar-refractivity contribution in [2.24, 2.45) is 5.73 Å². The second-order valence-electron chi connectivity index (χ2n) is 3.83. The molecule has 0 aliphatic carbocycles. The lowest BCUT2D eigenvalue weighted by Crippen LogP contribution is -2.33. The Morgan fingerprint density at radius 3 is 3.00 bits per heavy atom. The van der Waals surface area contributed by atoms with Crippen LogP contribution in [0, 0.1) is 0 Å². The molecule has 1 aromatic rings. The Labute approximate surface area is 101 Å². The third-order valence-corrected chi connectivity index (χ3v) is 3.01. The maximum absolute atomic E-state index is 11.8. The van der Waals surface area contributed by atoms with Gasteiger partial charge >= 0.3 is 0 Å². The van der Waals surface area contributed by atoms with E-state index in [1.807, 2.05) is 12.1 Å². The van der Waals surface area contributed by atoms with E-state index in [1.165, 1.54) is 0 Å². The molecule has 0 aromatic heterocycles. The molecule has 1 heterocycles. The lowest BCUT2D eigenvalue weighted by atomic mass is 9.95. The summed E-state index contributed by atoms with van der Waals surface area (Å²) in [6.45, 7) is 0. The normalized spacial score (nSPS) is 18.8. The van der Waals surface area contributed by atoms with Crippen molar-refractivity contribution in [3.05, 3.63) is 28.2 Å². The second-order valence-corrected chi connectivity index (χ2v) is 4.74. The summed E-state index contributed by atoms with van der Waals surface area (Å²) < 4.78 is 0.870. The molecule has 1 amide bonds. The van der Waals surface area contributed by atoms with E-state index in [9.17, 15) is 9.59 Å². The van der Waals surface area contributed by atoms with Gasteiger partial charge in [-0.3, -0.25) is 9.59 Å². The number of hydrogen-bond acceptors (Lipinski definition) is 3. The van der Waals surface area contributed by atoms with Gasteiger partial charge in [0, 0.05) is 34.6 Å². The molecule has 0 bridgehead atoms. The van der Waals surface area contributed by atoms with Crippen molar-refractivity contribution in [1.29, 1.82) is 0 Å². The van der Waals surface area contributed by atoms with Crippen molar-refractivity contribution in [3.8, 4) is 0 Å². The Balaban J connectivity index is 2.26. The van der Waals surface area contributed by atoms with Crippen LogP contribution in [-0.2, 0) is 4.79 Å². The molecule has 16 heavy (non-hydrogen) atoms. The zero-order chi connectivity index (χ0) is 11.7. The smallest absolute Gasteiger partial charge is 0.219 e. The molecule has 1 aromatic carbocycles. The van der Waals surface area contributed by atoms with Gasteiger partial charge in [0.2, 0.25) is 5.91 Å². The molecule has 0 radical (unpaired) electrons. The summed E-state index contributed by atoms with van der Waals surface area (Å²) in [6, 6.07) is 5.28. The first kappa shape index (κ1) is 11.1. The predicted molar refractivity (Wildman–Crippen MR) is 64.3 cm³/mol. The van der Waals surface area contributed by atoms with Crippen LogP contribution < -0.4 is 11.1 Å². The molecule has 1 aliphatic rings. The van der Waals surface area contributed by atoms with Crippen LogP contribution in [-0.4, -0.2) is 17.7 Å². The Morgan fingerprint density at radius 1 is 1.56 bits per heavy atom. The number of rotatable bonds is 2. The average molecular weight is 283 g/mol. The van der Waals surface area contributed by atoms with Crippen molar-refractivity contribution >= 4 is 33.3 Å². The van der Waals surface area contributed by atoms with Gasteiger partial charge in [-0.15, -0.1) is 0 Å². The van der Waals surface area contributed by atoms with E-state index >= 15 is 0 Å². The van der Waals surface area contributed by atoms with Crippen LogP contribution in [0.3, 0.4) is 0 Å². The van der Waals surface area contributed by atoms with Gasteiger partial charge in [0.15, 0.2) is 5.78 Å². The number of nitrogens with one attached hydrogen (secondary N) is 1. The third-order valence-electron chi connectivity index (χ3n) is 2.52. The maximum atomic E-state index is 11.8.